The standard InChI is InChI=1S/C8H16OS/c1-3-5-6-10-7-8(9)4-2/h3-7H2,1-2H3/p+1. The summed E-state index contributed by atoms with van der Waals surface area (Å²) >= 11 is 1.32. The maximum atomic E-state index is 10.8. The van der Waals surface area contributed by atoms with E-state index in [1.165, 1.54) is 30.4 Å². The van der Waals surface area contributed by atoms with Gasteiger partial charge in [-0.05, 0) is 18.2 Å². The van der Waals surface area contributed by atoms with Crippen LogP contribution in [0, 0.1) is 0 Å². The van der Waals surface area contributed by atoms with Gasteiger partial charge in [0.2, 0.25) is 0 Å². The van der Waals surface area contributed by atoms with Gasteiger partial charge in [0.25, 0.3) is 0 Å². The summed E-state index contributed by atoms with van der Waals surface area (Å²) < 4.78 is 0. The van der Waals surface area contributed by atoms with E-state index in [-0.39, 0.29) is 0 Å². The fourth-order valence-corrected chi connectivity index (χ4v) is 1.76. The summed E-state index contributed by atoms with van der Waals surface area (Å²) in [6.07, 6.45) is 3.21. The summed E-state index contributed by atoms with van der Waals surface area (Å²) in [5, 5.41) is 0. The van der Waals surface area contributed by atoms with Gasteiger partial charge in [0.05, 0.1) is 0 Å². The summed E-state index contributed by atoms with van der Waals surface area (Å²) in [5.41, 5.74) is 0. The molecule has 0 fully saturated rings. The highest BCUT2D eigenvalue weighted by molar-refractivity contribution is 7.79. The average Bonchev–Trinajstić information content (AvgIpc) is 1.98. The number of rotatable bonds is 6. The molecule has 0 spiro atoms. The summed E-state index contributed by atoms with van der Waals surface area (Å²) in [5.74, 6) is 2.37. The number of ketones is 1. The molecule has 0 heterocycles. The first kappa shape index (κ1) is 10.0. The van der Waals surface area contributed by atoms with Gasteiger partial charge in [0, 0.05) is 6.42 Å². The predicted molar refractivity (Wildman–Crippen MR) is 48.7 cm³/mol. The normalized spacial score (nSPS) is 9.80. The Morgan fingerprint density at radius 3 is 2.60 bits per heavy atom. The van der Waals surface area contributed by atoms with Crippen molar-refractivity contribution >= 4 is 17.5 Å². The van der Waals surface area contributed by atoms with Crippen molar-refractivity contribution in [3.63, 3.8) is 0 Å². The van der Waals surface area contributed by atoms with Crippen LogP contribution in [0.25, 0.3) is 0 Å². The van der Waals surface area contributed by atoms with Crippen molar-refractivity contribution in [1.29, 1.82) is 0 Å². The lowest BCUT2D eigenvalue weighted by molar-refractivity contribution is -0.116. The average molecular weight is 161 g/mol. The highest BCUT2D eigenvalue weighted by Gasteiger charge is 2.03. The fourth-order valence-electron chi connectivity index (χ4n) is 0.585. The molecule has 0 aromatic heterocycles. The van der Waals surface area contributed by atoms with E-state index in [1.54, 1.807) is 0 Å². The third-order valence-corrected chi connectivity index (χ3v) is 2.56. The molecular formula is C8H17OS+. The molecule has 0 saturated carbocycles. The number of Topliss-reactive ketones (excluding diaryl/α,β-unsaturated/α-hetero) is 1. The molecule has 0 radical (unpaired) electrons. The second-order valence-electron chi connectivity index (χ2n) is 2.35. The molecule has 0 rings (SSSR count). The van der Waals surface area contributed by atoms with Gasteiger partial charge in [0.15, 0.2) is 11.5 Å². The largest absolute Gasteiger partial charge is 0.294 e. The third-order valence-electron chi connectivity index (χ3n) is 1.35. The van der Waals surface area contributed by atoms with E-state index in [0.717, 1.165) is 5.75 Å². The van der Waals surface area contributed by atoms with Gasteiger partial charge >= 0.3 is 0 Å². The zero-order valence-electron chi connectivity index (χ0n) is 6.89. The van der Waals surface area contributed by atoms with Gasteiger partial charge in [-0.25, -0.2) is 0 Å². The molecule has 0 saturated heterocycles. The summed E-state index contributed by atoms with van der Waals surface area (Å²) in [6, 6.07) is 0. The van der Waals surface area contributed by atoms with Crippen LogP contribution in [0.1, 0.15) is 33.1 Å². The Bertz CT molecular complexity index is 91.3. The van der Waals surface area contributed by atoms with Crippen molar-refractivity contribution in [1.82, 2.24) is 0 Å². The van der Waals surface area contributed by atoms with E-state index < -0.39 is 0 Å². The lowest BCUT2D eigenvalue weighted by Gasteiger charge is -1.89. The van der Waals surface area contributed by atoms with Gasteiger partial charge in [-0.3, -0.25) is 4.79 Å². The second kappa shape index (κ2) is 7.13. The lowest BCUT2D eigenvalue weighted by atomic mass is 10.4. The molecule has 2 heteroatoms. The number of carbonyl (C=O) groups is 1. The predicted octanol–water partition coefficient (Wildman–Crippen LogP) is 1.58. The van der Waals surface area contributed by atoms with Crippen LogP contribution in [0.15, 0.2) is 0 Å². The molecule has 1 nitrogen and oxygen atoms in total. The van der Waals surface area contributed by atoms with Gasteiger partial charge in [-0.15, -0.1) is 0 Å². The van der Waals surface area contributed by atoms with Crippen molar-refractivity contribution < 1.29 is 4.79 Å². The first-order valence-electron chi connectivity index (χ1n) is 3.96. The minimum absolute atomic E-state index is 0.401. The highest BCUT2D eigenvalue weighted by atomic mass is 32.2. The van der Waals surface area contributed by atoms with E-state index in [0.29, 0.717) is 12.2 Å². The van der Waals surface area contributed by atoms with Gasteiger partial charge in [0.1, 0.15) is 5.75 Å². The van der Waals surface area contributed by atoms with Crippen LogP contribution in [0.4, 0.5) is 0 Å². The monoisotopic (exact) mass is 161 g/mol. The number of thiol groups is 1. The molecule has 0 aliphatic rings. The smallest absolute Gasteiger partial charge is 0.181 e. The molecule has 0 aliphatic heterocycles. The van der Waals surface area contributed by atoms with Gasteiger partial charge < -0.3 is 0 Å². The van der Waals surface area contributed by atoms with Crippen molar-refractivity contribution in [2.45, 2.75) is 33.1 Å². The van der Waals surface area contributed by atoms with E-state index in [4.69, 9.17) is 0 Å². The second-order valence-corrected chi connectivity index (χ2v) is 3.56. The van der Waals surface area contributed by atoms with Crippen LogP contribution in [0.5, 0.6) is 0 Å². The van der Waals surface area contributed by atoms with Crippen LogP contribution in [0.2, 0.25) is 0 Å². The van der Waals surface area contributed by atoms with Crippen LogP contribution >= 0.6 is 0 Å². The number of unbranched alkanes of at least 4 members (excludes halogenated alkanes) is 1. The van der Waals surface area contributed by atoms with Crippen molar-refractivity contribution in [3.05, 3.63) is 0 Å². The molecule has 0 aromatic rings. The molecule has 0 amide bonds. The molecule has 60 valence electrons. The zero-order chi connectivity index (χ0) is 7.82. The summed E-state index contributed by atoms with van der Waals surface area (Å²) in [4.78, 5) is 10.8. The van der Waals surface area contributed by atoms with Gasteiger partial charge in [-0.2, -0.15) is 0 Å². The van der Waals surface area contributed by atoms with Crippen molar-refractivity contribution in [2.24, 2.45) is 0 Å². The molecule has 0 aliphatic carbocycles. The van der Waals surface area contributed by atoms with E-state index in [1.807, 2.05) is 6.92 Å². The van der Waals surface area contributed by atoms with Crippen molar-refractivity contribution in [3.8, 4) is 0 Å². The van der Waals surface area contributed by atoms with E-state index >= 15 is 0 Å². The zero-order valence-corrected chi connectivity index (χ0v) is 7.79. The minimum Gasteiger partial charge on any atom is -0.294 e. The van der Waals surface area contributed by atoms with Crippen LogP contribution < -0.4 is 0 Å². The van der Waals surface area contributed by atoms with Crippen LogP contribution in [-0.2, 0) is 16.6 Å². The quantitative estimate of drug-likeness (QED) is 0.328. The van der Waals surface area contributed by atoms with E-state index in [2.05, 4.69) is 6.92 Å². The summed E-state index contributed by atoms with van der Waals surface area (Å²) in [6.45, 7) is 4.11. The Balaban J connectivity index is 2.96. The molecule has 0 N–H and O–H groups in total. The molecule has 0 atom stereocenters. The fraction of sp³-hybridized carbons (Fsp3) is 0.875. The Morgan fingerprint density at radius 1 is 1.40 bits per heavy atom. The maximum Gasteiger partial charge on any atom is 0.181 e. The SMILES string of the molecule is CCCC[SH+]CC(=O)CC. The minimum atomic E-state index is 0.401. The topological polar surface area (TPSA) is 17.1 Å². The third kappa shape index (κ3) is 6.14. The first-order chi connectivity index (χ1) is 4.81. The van der Waals surface area contributed by atoms with Crippen LogP contribution in [0.3, 0.4) is 0 Å². The number of hydrogen-bond donors (Lipinski definition) is 0. The molecule has 0 aromatic carbocycles. The van der Waals surface area contributed by atoms with Crippen LogP contribution in [-0.4, -0.2) is 17.3 Å². The summed E-state index contributed by atoms with van der Waals surface area (Å²) in [7, 11) is 0. The Morgan fingerprint density at radius 2 is 2.10 bits per heavy atom. The maximum absolute atomic E-state index is 10.8. The molecule has 0 bridgehead atoms. The molecular weight excluding hydrogens is 144 g/mol. The van der Waals surface area contributed by atoms with Crippen molar-refractivity contribution in [2.75, 3.05) is 11.5 Å². The Kier molecular flexibility index (Phi) is 7.15. The van der Waals surface area contributed by atoms with E-state index in [9.17, 15) is 4.79 Å². The number of hydrogen-bond acceptors (Lipinski definition) is 1. The first-order valence-corrected chi connectivity index (χ1v) is 5.22. The Hall–Kier alpha value is 0.0200. The molecule has 0 unspecified atom stereocenters. The highest BCUT2D eigenvalue weighted by Crippen LogP contribution is 1.90. The lowest BCUT2D eigenvalue weighted by Crippen LogP contribution is -2.06. The molecule has 10 heavy (non-hydrogen) atoms. The number of carbonyl (C=O) groups excluding carboxylic acids is 1. The Labute approximate surface area is 67.6 Å². The van der Waals surface area contributed by atoms with Gasteiger partial charge in [-0.1, -0.05) is 20.3 Å².